The zero-order valence-electron chi connectivity index (χ0n) is 36.8. The lowest BCUT2D eigenvalue weighted by Crippen LogP contribution is -2.52. The number of Topliss-reactive ketones (excluding diaryl/α,β-unsaturated/α-hetero) is 1. The number of benzene rings is 3. The van der Waals surface area contributed by atoms with Crippen molar-refractivity contribution < 1.29 is 41.4 Å². The molecular weight excluding hydrogens is 867 g/mol. The largest absolute Gasteiger partial charge is 0.497 e. The molecule has 4 heterocycles. The number of morpholine rings is 1. The molecule has 2 aliphatic heterocycles. The Kier molecular flexibility index (Phi) is 13.6. The molecule has 0 aliphatic carbocycles. The third kappa shape index (κ3) is 9.16. The van der Waals surface area contributed by atoms with Gasteiger partial charge in [0.05, 0.1) is 33.5 Å². The molecule has 0 spiro atoms. The van der Waals surface area contributed by atoms with Gasteiger partial charge in [0, 0.05) is 30.0 Å². The van der Waals surface area contributed by atoms with E-state index in [4.69, 9.17) is 23.5 Å². The number of rotatable bonds is 17. The Balaban J connectivity index is 1.49. The number of anilines is 1. The van der Waals surface area contributed by atoms with Crippen molar-refractivity contribution in [3.63, 3.8) is 0 Å². The highest BCUT2D eigenvalue weighted by atomic mass is 31.2. The molecule has 0 radical (unpaired) electrons. The molecule has 2 bridgehead atoms. The van der Waals surface area contributed by atoms with Gasteiger partial charge < -0.3 is 28.4 Å². The van der Waals surface area contributed by atoms with Crippen molar-refractivity contribution in [3.05, 3.63) is 146 Å². The van der Waals surface area contributed by atoms with Gasteiger partial charge in [-0.3, -0.25) is 23.8 Å². The standard InChI is InChI=1S/C46H49F3N7O8P/c1-28(2)56(29(3)4)65(25-34(57)23-50)64-39-38-41(54-24-30(5)40(58)53-43(54)59)63-44(39,26-55(38)42-51-22-21-37(52-42)46(47,48)49)27-62-45(31-11-9-8-10-12-31,32-13-17-35(60-6)18-14-32)33-15-19-36(61-7)20-16-33/h8-22,24,28-29,38-39,41H,25-27H2,1-7H3,(H,53,58,59)/t38-,39+,41-,44-,65?/m1/s1. The number of aromatic amines is 1. The molecule has 1 unspecified atom stereocenters. The van der Waals surface area contributed by atoms with Gasteiger partial charge in [-0.1, -0.05) is 54.6 Å². The van der Waals surface area contributed by atoms with Crippen LogP contribution in [-0.2, 0) is 30.6 Å². The van der Waals surface area contributed by atoms with Crippen LogP contribution in [0.3, 0.4) is 0 Å². The molecular formula is C46H49F3N7O8P. The molecule has 0 saturated carbocycles. The Morgan fingerprint density at radius 3 is 2.08 bits per heavy atom. The summed E-state index contributed by atoms with van der Waals surface area (Å²) >= 11 is 0. The van der Waals surface area contributed by atoms with E-state index in [9.17, 15) is 32.8 Å². The minimum Gasteiger partial charge on any atom is -0.497 e. The summed E-state index contributed by atoms with van der Waals surface area (Å²) in [6.07, 6.45) is -5.43. The molecule has 5 aromatic rings. The third-order valence-electron chi connectivity index (χ3n) is 11.5. The van der Waals surface area contributed by atoms with Crippen molar-refractivity contribution in [2.45, 2.75) is 82.5 Å². The number of ketones is 1. The van der Waals surface area contributed by atoms with Gasteiger partial charge in [0.15, 0.2) is 6.23 Å². The number of nitrogens with one attached hydrogen (secondary N) is 1. The topological polar surface area (TPSA) is 174 Å². The average Bonchev–Trinajstić information content (AvgIpc) is 3.76. The number of hydrogen-bond donors (Lipinski definition) is 1. The Morgan fingerprint density at radius 1 is 0.954 bits per heavy atom. The van der Waals surface area contributed by atoms with E-state index in [0.29, 0.717) is 28.2 Å². The van der Waals surface area contributed by atoms with Crippen molar-refractivity contribution >= 4 is 20.0 Å². The highest BCUT2D eigenvalue weighted by molar-refractivity contribution is 7.51. The predicted molar refractivity (Wildman–Crippen MR) is 235 cm³/mol. The van der Waals surface area contributed by atoms with E-state index in [0.717, 1.165) is 16.8 Å². The van der Waals surface area contributed by atoms with Crippen LogP contribution in [0, 0.1) is 18.3 Å². The van der Waals surface area contributed by atoms with Crippen molar-refractivity contribution in [3.8, 4) is 17.6 Å². The SMILES string of the molecule is COc1ccc(C(OC[C@@]23CN(c4nccc(C(F)(F)F)n4)[C@@H]([C@H](n4cc(C)c(=O)[nH]c4=O)O2)[C@@H]3OP(CC(=O)C#N)N(C(C)C)C(C)C)(c2ccccc2)c2ccc(OC)cc2)cc1. The summed E-state index contributed by atoms with van der Waals surface area (Å²) in [6, 6.07) is 24.9. The van der Waals surface area contributed by atoms with Gasteiger partial charge in [-0.15, -0.1) is 0 Å². The van der Waals surface area contributed by atoms with Crippen molar-refractivity contribution in [2.75, 3.05) is 38.4 Å². The first-order chi connectivity index (χ1) is 31.0. The Bertz CT molecular complexity index is 2590. The lowest BCUT2D eigenvalue weighted by Gasteiger charge is -2.42. The van der Waals surface area contributed by atoms with Crippen LogP contribution < -0.4 is 25.6 Å². The molecule has 3 aromatic carbocycles. The Morgan fingerprint density at radius 2 is 1.54 bits per heavy atom. The van der Waals surface area contributed by atoms with Crippen LogP contribution in [0.5, 0.6) is 11.5 Å². The van der Waals surface area contributed by atoms with E-state index in [1.54, 1.807) is 44.6 Å². The number of fused-ring (bicyclic) bond motifs is 2. The van der Waals surface area contributed by atoms with Gasteiger partial charge in [-0.2, -0.15) is 18.4 Å². The molecule has 2 aromatic heterocycles. The fourth-order valence-electron chi connectivity index (χ4n) is 8.72. The summed E-state index contributed by atoms with van der Waals surface area (Å²) in [7, 11) is 1.10. The van der Waals surface area contributed by atoms with Crippen LogP contribution in [0.15, 0.2) is 107 Å². The highest BCUT2D eigenvalue weighted by Gasteiger charge is 2.68. The maximum Gasteiger partial charge on any atom is 0.433 e. The van der Waals surface area contributed by atoms with E-state index in [1.165, 1.54) is 18.0 Å². The van der Waals surface area contributed by atoms with E-state index >= 15 is 0 Å². The lowest BCUT2D eigenvalue weighted by molar-refractivity contribution is -0.156. The summed E-state index contributed by atoms with van der Waals surface area (Å²) in [5.74, 6) is 0.0702. The van der Waals surface area contributed by atoms with Gasteiger partial charge in [-0.25, -0.2) is 14.8 Å². The number of methoxy groups -OCH3 is 2. The quantitative estimate of drug-likeness (QED) is 0.0591. The number of ether oxygens (including phenoxy) is 4. The van der Waals surface area contributed by atoms with E-state index in [-0.39, 0.29) is 42.9 Å². The second kappa shape index (κ2) is 18.9. The van der Waals surface area contributed by atoms with Crippen LogP contribution in [0.1, 0.15) is 61.9 Å². The van der Waals surface area contributed by atoms with Gasteiger partial charge >= 0.3 is 11.9 Å². The summed E-state index contributed by atoms with van der Waals surface area (Å²) < 4.78 is 78.8. The first kappa shape index (κ1) is 47.0. The van der Waals surface area contributed by atoms with Crippen LogP contribution in [0.2, 0.25) is 0 Å². The second-order valence-corrected chi connectivity index (χ2v) is 18.0. The van der Waals surface area contributed by atoms with Crippen LogP contribution in [0.4, 0.5) is 19.1 Å². The van der Waals surface area contributed by atoms with Crippen molar-refractivity contribution in [1.29, 1.82) is 5.26 Å². The lowest BCUT2D eigenvalue weighted by atomic mass is 9.79. The zero-order valence-corrected chi connectivity index (χ0v) is 37.7. The molecule has 0 amide bonds. The first-order valence-electron chi connectivity index (χ1n) is 20.8. The number of halogens is 3. The smallest absolute Gasteiger partial charge is 0.433 e. The summed E-state index contributed by atoms with van der Waals surface area (Å²) in [5.41, 5.74) is -3.69. The molecule has 2 fully saturated rings. The first-order valence-corrected chi connectivity index (χ1v) is 22.2. The minimum absolute atomic E-state index is 0.148. The maximum absolute atomic E-state index is 14.3. The molecule has 19 heteroatoms. The summed E-state index contributed by atoms with van der Waals surface area (Å²) in [6.45, 7) is 8.58. The monoisotopic (exact) mass is 915 g/mol. The molecule has 15 nitrogen and oxygen atoms in total. The number of H-pyrrole nitrogens is 1. The van der Waals surface area contributed by atoms with E-state index < -0.39 is 66.8 Å². The van der Waals surface area contributed by atoms with Crippen LogP contribution >= 0.6 is 8.30 Å². The van der Waals surface area contributed by atoms with Crippen LogP contribution in [0.25, 0.3) is 0 Å². The Labute approximate surface area is 374 Å². The number of carbonyl (C=O) groups excluding carboxylic acids is 1. The minimum atomic E-state index is -4.84. The van der Waals surface area contributed by atoms with Crippen molar-refractivity contribution in [2.24, 2.45) is 0 Å². The zero-order chi connectivity index (χ0) is 46.8. The number of hydrogen-bond acceptors (Lipinski definition) is 13. The molecule has 5 atom stereocenters. The highest BCUT2D eigenvalue weighted by Crippen LogP contribution is 2.57. The number of nitrogens with zero attached hydrogens (tertiary/aromatic N) is 6. The Hall–Kier alpha value is -5.96. The predicted octanol–water partition coefficient (Wildman–Crippen LogP) is 6.74. The summed E-state index contributed by atoms with van der Waals surface area (Å²) in [5, 5.41) is 9.78. The number of nitriles is 1. The summed E-state index contributed by atoms with van der Waals surface area (Å²) in [4.78, 5) is 51.7. The van der Waals surface area contributed by atoms with Crippen molar-refractivity contribution in [1.82, 2.24) is 24.2 Å². The number of carbonyl (C=O) groups is 1. The third-order valence-corrected chi connectivity index (χ3v) is 14.0. The number of aromatic nitrogens is 4. The van der Waals surface area contributed by atoms with Gasteiger partial charge in [0.1, 0.15) is 54.9 Å². The maximum atomic E-state index is 14.3. The average molecular weight is 916 g/mol. The molecule has 1 N–H and O–H groups in total. The second-order valence-electron chi connectivity index (χ2n) is 16.3. The fourth-order valence-corrected chi connectivity index (χ4v) is 11.0. The fraction of sp³-hybridized carbons (Fsp3) is 0.391. The van der Waals surface area contributed by atoms with E-state index in [1.807, 2.05) is 87.0 Å². The normalized spacial score (nSPS) is 20.1. The van der Waals surface area contributed by atoms with E-state index in [2.05, 4.69) is 15.0 Å². The molecule has 2 saturated heterocycles. The molecule has 7 rings (SSSR count). The van der Waals surface area contributed by atoms with Gasteiger partial charge in [-0.05, 0) is 81.6 Å². The number of alkyl halides is 3. The number of aryl methyl sites for hydroxylation is 1. The van der Waals surface area contributed by atoms with Crippen LogP contribution in [-0.4, -0.2) is 93.3 Å². The molecule has 65 heavy (non-hydrogen) atoms. The molecule has 2 aliphatic rings. The molecule has 342 valence electrons. The van der Waals surface area contributed by atoms with Gasteiger partial charge in [0.25, 0.3) is 5.56 Å². The van der Waals surface area contributed by atoms with Gasteiger partial charge in [0.2, 0.25) is 11.7 Å².